The zero-order chi connectivity index (χ0) is 17.3. The van der Waals surface area contributed by atoms with Crippen LogP contribution in [0.4, 0.5) is 0 Å². The van der Waals surface area contributed by atoms with Crippen molar-refractivity contribution in [2.24, 2.45) is 0 Å². The SMILES string of the molecule is COc1ccc(/C=C(\Cl)c2cc(=O)n3cccc(C)c3n2)cc1O. The van der Waals surface area contributed by atoms with Gasteiger partial charge in [0.1, 0.15) is 5.65 Å². The number of pyridine rings is 1. The smallest absolute Gasteiger partial charge is 0.258 e. The van der Waals surface area contributed by atoms with Crippen molar-refractivity contribution >= 4 is 28.4 Å². The first-order valence-corrected chi connectivity index (χ1v) is 7.61. The summed E-state index contributed by atoms with van der Waals surface area (Å²) in [6.07, 6.45) is 3.30. The van der Waals surface area contributed by atoms with Crippen molar-refractivity contribution in [1.82, 2.24) is 9.38 Å². The minimum absolute atomic E-state index is 0.0121. The fourth-order valence-corrected chi connectivity index (χ4v) is 2.62. The molecule has 2 aromatic heterocycles. The third-order valence-corrected chi connectivity index (χ3v) is 3.93. The molecule has 0 aliphatic carbocycles. The molecule has 0 bridgehead atoms. The Bertz CT molecular complexity index is 1010. The molecule has 2 heterocycles. The molecule has 6 heteroatoms. The highest BCUT2D eigenvalue weighted by Crippen LogP contribution is 2.29. The van der Waals surface area contributed by atoms with Crippen molar-refractivity contribution in [3.63, 3.8) is 0 Å². The van der Waals surface area contributed by atoms with Gasteiger partial charge in [0, 0.05) is 12.3 Å². The van der Waals surface area contributed by atoms with Crippen molar-refractivity contribution in [3.8, 4) is 11.5 Å². The Morgan fingerprint density at radius 3 is 2.83 bits per heavy atom. The van der Waals surface area contributed by atoms with Crippen LogP contribution in [0.5, 0.6) is 11.5 Å². The van der Waals surface area contributed by atoms with Crippen LogP contribution in [0.15, 0.2) is 47.4 Å². The number of nitrogens with zero attached hydrogens (tertiary/aromatic N) is 2. The number of aromatic nitrogens is 2. The Kier molecular flexibility index (Phi) is 4.27. The monoisotopic (exact) mass is 342 g/mol. The van der Waals surface area contributed by atoms with E-state index in [1.54, 1.807) is 30.5 Å². The molecule has 122 valence electrons. The van der Waals surface area contributed by atoms with Gasteiger partial charge in [0.25, 0.3) is 5.56 Å². The maximum atomic E-state index is 12.2. The summed E-state index contributed by atoms with van der Waals surface area (Å²) in [6, 6.07) is 9.97. The van der Waals surface area contributed by atoms with E-state index in [2.05, 4.69) is 4.98 Å². The predicted octanol–water partition coefficient (Wildman–Crippen LogP) is 3.45. The Morgan fingerprint density at radius 2 is 2.12 bits per heavy atom. The van der Waals surface area contributed by atoms with Gasteiger partial charge in [0.05, 0.1) is 17.8 Å². The third-order valence-electron chi connectivity index (χ3n) is 3.63. The van der Waals surface area contributed by atoms with Crippen LogP contribution in [0.2, 0.25) is 0 Å². The summed E-state index contributed by atoms with van der Waals surface area (Å²) in [5, 5.41) is 10.1. The number of hydrogen-bond acceptors (Lipinski definition) is 4. The van der Waals surface area contributed by atoms with Crippen molar-refractivity contribution in [2.45, 2.75) is 6.92 Å². The second kappa shape index (κ2) is 6.37. The van der Waals surface area contributed by atoms with Gasteiger partial charge in [0.2, 0.25) is 0 Å². The zero-order valence-electron chi connectivity index (χ0n) is 13.2. The van der Waals surface area contributed by atoms with Gasteiger partial charge in [-0.3, -0.25) is 9.20 Å². The molecular weight excluding hydrogens is 328 g/mol. The Hall–Kier alpha value is -2.79. The van der Waals surface area contributed by atoms with Gasteiger partial charge >= 0.3 is 0 Å². The maximum Gasteiger partial charge on any atom is 0.258 e. The molecule has 3 rings (SSSR count). The molecule has 0 spiro atoms. The van der Waals surface area contributed by atoms with Crippen LogP contribution >= 0.6 is 11.6 Å². The molecule has 1 N–H and O–H groups in total. The van der Waals surface area contributed by atoms with Gasteiger partial charge in [-0.05, 0) is 42.3 Å². The molecule has 0 saturated heterocycles. The van der Waals surface area contributed by atoms with E-state index in [0.717, 1.165) is 5.56 Å². The number of fused-ring (bicyclic) bond motifs is 1. The van der Waals surface area contributed by atoms with Crippen molar-refractivity contribution < 1.29 is 9.84 Å². The van der Waals surface area contributed by atoms with Gasteiger partial charge in [0.15, 0.2) is 11.5 Å². The molecule has 3 aromatic rings. The first-order chi connectivity index (χ1) is 11.5. The minimum Gasteiger partial charge on any atom is -0.504 e. The molecule has 5 nitrogen and oxygen atoms in total. The van der Waals surface area contributed by atoms with Crippen LogP contribution in [0.1, 0.15) is 16.8 Å². The zero-order valence-corrected chi connectivity index (χ0v) is 13.9. The van der Waals surface area contributed by atoms with Crippen molar-refractivity contribution in [3.05, 3.63) is 69.8 Å². The van der Waals surface area contributed by atoms with E-state index in [-0.39, 0.29) is 11.3 Å². The predicted molar refractivity (Wildman–Crippen MR) is 94.6 cm³/mol. The lowest BCUT2D eigenvalue weighted by Crippen LogP contribution is -2.15. The summed E-state index contributed by atoms with van der Waals surface area (Å²) < 4.78 is 6.48. The summed E-state index contributed by atoms with van der Waals surface area (Å²) in [4.78, 5) is 16.7. The van der Waals surface area contributed by atoms with Crippen molar-refractivity contribution in [1.29, 1.82) is 0 Å². The quantitative estimate of drug-likeness (QED) is 0.791. The first kappa shape index (κ1) is 16.1. The highest BCUT2D eigenvalue weighted by atomic mass is 35.5. The van der Waals surface area contributed by atoms with Gasteiger partial charge < -0.3 is 9.84 Å². The normalized spacial score (nSPS) is 11.7. The largest absolute Gasteiger partial charge is 0.504 e. The van der Waals surface area contributed by atoms with Gasteiger partial charge in [-0.25, -0.2) is 4.98 Å². The number of methoxy groups -OCH3 is 1. The lowest BCUT2D eigenvalue weighted by molar-refractivity contribution is 0.373. The standard InChI is InChI=1S/C18H15ClN2O3/c1-11-4-3-7-21-17(23)10-14(20-18(11)21)13(19)8-12-5-6-16(24-2)15(22)9-12/h3-10,22H,1-2H3/b13-8-. The number of halogens is 1. The van der Waals surface area contributed by atoms with Gasteiger partial charge in [-0.2, -0.15) is 0 Å². The van der Waals surface area contributed by atoms with E-state index in [1.165, 1.54) is 23.6 Å². The first-order valence-electron chi connectivity index (χ1n) is 7.23. The number of ether oxygens (including phenoxy) is 1. The van der Waals surface area contributed by atoms with E-state index < -0.39 is 0 Å². The summed E-state index contributed by atoms with van der Waals surface area (Å²) in [7, 11) is 1.48. The Balaban J connectivity index is 2.08. The van der Waals surface area contributed by atoms with Crippen LogP contribution < -0.4 is 10.3 Å². The fourth-order valence-electron chi connectivity index (χ4n) is 2.40. The van der Waals surface area contributed by atoms with E-state index >= 15 is 0 Å². The van der Waals surface area contributed by atoms with E-state index in [9.17, 15) is 9.90 Å². The molecule has 0 amide bonds. The third kappa shape index (κ3) is 2.98. The molecule has 1 aromatic carbocycles. The van der Waals surface area contributed by atoms with E-state index in [0.29, 0.717) is 27.7 Å². The molecule has 0 aliphatic heterocycles. The fraction of sp³-hybridized carbons (Fsp3) is 0.111. The number of rotatable bonds is 3. The average Bonchev–Trinajstić information content (AvgIpc) is 2.56. The second-order valence-corrected chi connectivity index (χ2v) is 5.70. The average molecular weight is 343 g/mol. The number of aromatic hydroxyl groups is 1. The second-order valence-electron chi connectivity index (χ2n) is 5.29. The molecular formula is C18H15ClN2O3. The summed E-state index contributed by atoms with van der Waals surface area (Å²) >= 11 is 6.33. The lowest BCUT2D eigenvalue weighted by atomic mass is 10.1. The molecule has 24 heavy (non-hydrogen) atoms. The number of benzene rings is 1. The Labute approximate surface area is 143 Å². The summed E-state index contributed by atoms with van der Waals surface area (Å²) in [5.41, 5.74) is 2.28. The number of phenols is 1. The summed E-state index contributed by atoms with van der Waals surface area (Å²) in [6.45, 7) is 1.88. The topological polar surface area (TPSA) is 63.8 Å². The van der Waals surface area contributed by atoms with E-state index in [1.807, 2.05) is 13.0 Å². The number of phenolic OH excluding ortho intramolecular Hbond substituents is 1. The highest BCUT2D eigenvalue weighted by molar-refractivity contribution is 6.51. The molecule has 0 radical (unpaired) electrons. The molecule has 0 unspecified atom stereocenters. The van der Waals surface area contributed by atoms with Gasteiger partial charge in [-0.1, -0.05) is 23.7 Å². The van der Waals surface area contributed by atoms with Crippen LogP contribution in [-0.2, 0) is 0 Å². The highest BCUT2D eigenvalue weighted by Gasteiger charge is 2.08. The van der Waals surface area contributed by atoms with Crippen LogP contribution in [0.25, 0.3) is 16.8 Å². The molecule has 0 aliphatic rings. The molecule has 0 atom stereocenters. The minimum atomic E-state index is -0.206. The number of hydrogen-bond donors (Lipinski definition) is 1. The van der Waals surface area contributed by atoms with Gasteiger partial charge in [-0.15, -0.1) is 0 Å². The van der Waals surface area contributed by atoms with Crippen LogP contribution in [0.3, 0.4) is 0 Å². The Morgan fingerprint density at radius 1 is 1.33 bits per heavy atom. The van der Waals surface area contributed by atoms with Crippen molar-refractivity contribution in [2.75, 3.05) is 7.11 Å². The molecule has 0 saturated carbocycles. The number of aryl methyl sites for hydroxylation is 1. The lowest BCUT2D eigenvalue weighted by Gasteiger charge is -2.06. The van der Waals surface area contributed by atoms with Crippen LogP contribution in [0, 0.1) is 6.92 Å². The maximum absolute atomic E-state index is 12.2. The summed E-state index contributed by atoms with van der Waals surface area (Å²) in [5.74, 6) is 0.388. The van der Waals surface area contributed by atoms with E-state index in [4.69, 9.17) is 16.3 Å². The molecule has 0 fully saturated rings. The van der Waals surface area contributed by atoms with Crippen LogP contribution in [-0.4, -0.2) is 21.6 Å².